The zero-order valence-corrected chi connectivity index (χ0v) is 26.9. The van der Waals surface area contributed by atoms with Crippen molar-refractivity contribution in [1.29, 1.82) is 0 Å². The second-order valence-corrected chi connectivity index (χ2v) is 12.8. The van der Waals surface area contributed by atoms with E-state index in [1.54, 1.807) is 7.85 Å². The fraction of sp³-hybridized carbons (Fsp3) is 0.0233. The highest BCUT2D eigenvalue weighted by atomic mass is 16.3. The fourth-order valence-electron chi connectivity index (χ4n) is 7.73. The molecular weight excluding hydrogens is 623 g/mol. The summed E-state index contributed by atoms with van der Waals surface area (Å²) in [5.41, 5.74) is 7.55. The second kappa shape index (κ2) is 11.0. The van der Waals surface area contributed by atoms with Crippen molar-refractivity contribution in [2.24, 2.45) is 0 Å². The molecule has 0 bridgehead atoms. The lowest BCUT2D eigenvalue weighted by Crippen LogP contribution is -2.05. The Morgan fingerprint density at radius 1 is 0.480 bits per heavy atom. The molecule has 0 unspecified atom stereocenters. The van der Waals surface area contributed by atoms with Crippen molar-refractivity contribution in [3.63, 3.8) is 0 Å². The number of hydrogen-bond acceptors (Lipinski definition) is 6. The van der Waals surface area contributed by atoms with Gasteiger partial charge in [-0.15, -0.1) is 0 Å². The highest BCUT2D eigenvalue weighted by Crippen LogP contribution is 2.53. The lowest BCUT2D eigenvalue weighted by molar-refractivity contribution is 0.370. The number of rotatable bonds is 4. The summed E-state index contributed by atoms with van der Waals surface area (Å²) in [5.74, 6) is -3.18. The van der Waals surface area contributed by atoms with Crippen LogP contribution in [0.5, 0.6) is 28.7 Å². The van der Waals surface area contributed by atoms with Crippen molar-refractivity contribution in [3.8, 4) is 51.0 Å². The standard InChI is InChI=1S/C43H29BO6/c44-37-35-36(40(47)42(49)41(37)48)39(46)38(45)34-31-21-24(18-19-32(31)50-43(34)35)33-28-16-8-6-14-26(28)30(27-15-7-9-17-29(27)33)20-23-12-4-5-13-25(23)22-10-2-1-3-11-22/h1-19,21,45-49H,20,44H2. The zero-order valence-electron chi connectivity index (χ0n) is 26.9. The third kappa shape index (κ3) is 4.16. The second-order valence-electron chi connectivity index (χ2n) is 12.8. The molecule has 240 valence electrons. The van der Waals surface area contributed by atoms with Crippen LogP contribution < -0.4 is 5.46 Å². The Morgan fingerprint density at radius 2 is 1.06 bits per heavy atom. The lowest BCUT2D eigenvalue weighted by Gasteiger charge is -2.19. The van der Waals surface area contributed by atoms with Gasteiger partial charge in [0.1, 0.15) is 19.0 Å². The summed E-state index contributed by atoms with van der Waals surface area (Å²) in [5, 5.41) is 59.2. The van der Waals surface area contributed by atoms with Gasteiger partial charge in [-0.3, -0.25) is 0 Å². The van der Waals surface area contributed by atoms with Crippen LogP contribution in [-0.4, -0.2) is 33.4 Å². The smallest absolute Gasteiger partial charge is 0.200 e. The van der Waals surface area contributed by atoms with E-state index in [1.807, 2.05) is 36.4 Å². The Hall–Kier alpha value is -6.60. The summed E-state index contributed by atoms with van der Waals surface area (Å²) < 4.78 is 6.26. The van der Waals surface area contributed by atoms with Crippen LogP contribution in [0.1, 0.15) is 11.1 Å². The number of benzene rings is 8. The summed E-state index contributed by atoms with van der Waals surface area (Å²) in [6.07, 6.45) is 0.729. The molecule has 1 heterocycles. The molecule has 0 amide bonds. The third-order valence-corrected chi connectivity index (χ3v) is 10.1. The highest BCUT2D eigenvalue weighted by Gasteiger charge is 2.27. The predicted molar refractivity (Wildman–Crippen MR) is 203 cm³/mol. The van der Waals surface area contributed by atoms with E-state index < -0.39 is 28.7 Å². The minimum absolute atomic E-state index is 0.174. The zero-order chi connectivity index (χ0) is 34.3. The molecule has 5 N–H and O–H groups in total. The Kier molecular flexibility index (Phi) is 6.48. The van der Waals surface area contributed by atoms with Crippen LogP contribution in [0.3, 0.4) is 0 Å². The first-order valence-corrected chi connectivity index (χ1v) is 16.4. The van der Waals surface area contributed by atoms with Gasteiger partial charge in [0.2, 0.25) is 0 Å². The van der Waals surface area contributed by atoms with Gasteiger partial charge in [-0.1, -0.05) is 109 Å². The normalized spacial score (nSPS) is 11.8. The molecule has 0 aliphatic rings. The fourth-order valence-corrected chi connectivity index (χ4v) is 7.73. The molecule has 50 heavy (non-hydrogen) atoms. The molecule has 0 saturated carbocycles. The van der Waals surface area contributed by atoms with E-state index in [9.17, 15) is 25.5 Å². The Bertz CT molecular complexity index is 2800. The van der Waals surface area contributed by atoms with E-state index in [-0.39, 0.29) is 27.2 Å². The van der Waals surface area contributed by atoms with Gasteiger partial charge in [0.05, 0.1) is 10.8 Å². The van der Waals surface area contributed by atoms with Gasteiger partial charge in [0, 0.05) is 10.8 Å². The number of aromatic hydroxyl groups is 5. The molecule has 7 heteroatoms. The molecular formula is C43H29BO6. The lowest BCUT2D eigenvalue weighted by atomic mass is 9.84. The largest absolute Gasteiger partial charge is 0.505 e. The first-order valence-electron chi connectivity index (χ1n) is 16.4. The van der Waals surface area contributed by atoms with Crippen molar-refractivity contribution in [1.82, 2.24) is 0 Å². The summed E-state index contributed by atoms with van der Waals surface area (Å²) in [6, 6.07) is 41.6. The molecule has 0 atom stereocenters. The van der Waals surface area contributed by atoms with E-state index in [1.165, 1.54) is 22.3 Å². The molecule has 9 rings (SSSR count). The number of phenolic OH excluding ortho intramolecular Hbond substituents is 5. The maximum absolute atomic E-state index is 11.3. The van der Waals surface area contributed by atoms with Crippen LogP contribution in [0.2, 0.25) is 0 Å². The highest BCUT2D eigenvalue weighted by molar-refractivity contribution is 6.45. The Morgan fingerprint density at radius 3 is 1.76 bits per heavy atom. The first kappa shape index (κ1) is 29.5. The van der Waals surface area contributed by atoms with E-state index in [0.29, 0.717) is 11.0 Å². The van der Waals surface area contributed by atoms with Gasteiger partial charge in [-0.05, 0) is 78.9 Å². The summed E-state index contributed by atoms with van der Waals surface area (Å²) >= 11 is 0. The van der Waals surface area contributed by atoms with Crippen LogP contribution in [0, 0.1) is 0 Å². The molecule has 0 aliphatic heterocycles. The average Bonchev–Trinajstić information content (AvgIpc) is 3.54. The van der Waals surface area contributed by atoms with E-state index in [4.69, 9.17) is 4.42 Å². The number of hydrogen-bond donors (Lipinski definition) is 5. The van der Waals surface area contributed by atoms with E-state index in [2.05, 4.69) is 84.9 Å². The molecule has 0 spiro atoms. The topological polar surface area (TPSA) is 114 Å². The summed E-state index contributed by atoms with van der Waals surface area (Å²) in [4.78, 5) is 0. The SMILES string of the molecule is Bc1c(O)c(O)c(O)c2c(O)c(O)c3c4cc(-c5c6ccccc6c(Cc6ccccc6-c6ccccc6)c6ccccc56)ccc4oc3c12. The molecule has 1 aromatic heterocycles. The van der Waals surface area contributed by atoms with Gasteiger partial charge in [-0.25, -0.2) is 0 Å². The van der Waals surface area contributed by atoms with Crippen LogP contribution in [0.25, 0.3) is 76.5 Å². The Balaban J connectivity index is 1.31. The molecule has 9 aromatic rings. The summed E-state index contributed by atoms with van der Waals surface area (Å²) in [7, 11) is 1.55. The van der Waals surface area contributed by atoms with Crippen LogP contribution in [-0.2, 0) is 6.42 Å². The maximum atomic E-state index is 11.3. The van der Waals surface area contributed by atoms with Crippen LogP contribution in [0.4, 0.5) is 0 Å². The van der Waals surface area contributed by atoms with Gasteiger partial charge in [-0.2, -0.15) is 0 Å². The molecule has 0 radical (unpaired) electrons. The number of phenols is 5. The van der Waals surface area contributed by atoms with Gasteiger partial charge in [0.25, 0.3) is 0 Å². The van der Waals surface area contributed by atoms with Crippen molar-refractivity contribution in [2.75, 3.05) is 0 Å². The third-order valence-electron chi connectivity index (χ3n) is 10.1. The Labute approximate surface area is 286 Å². The minimum atomic E-state index is -0.784. The average molecular weight is 653 g/mol. The molecule has 8 aromatic carbocycles. The van der Waals surface area contributed by atoms with E-state index >= 15 is 0 Å². The molecule has 0 saturated heterocycles. The van der Waals surface area contributed by atoms with Crippen molar-refractivity contribution < 1.29 is 29.9 Å². The maximum Gasteiger partial charge on any atom is 0.200 e. The van der Waals surface area contributed by atoms with Crippen LogP contribution >= 0.6 is 0 Å². The van der Waals surface area contributed by atoms with E-state index in [0.717, 1.165) is 39.1 Å². The predicted octanol–water partition coefficient (Wildman–Crippen LogP) is 8.76. The molecule has 0 aliphatic carbocycles. The van der Waals surface area contributed by atoms with Gasteiger partial charge >= 0.3 is 0 Å². The van der Waals surface area contributed by atoms with Gasteiger partial charge < -0.3 is 29.9 Å². The summed E-state index contributed by atoms with van der Waals surface area (Å²) in [6.45, 7) is 0. The molecule has 0 fully saturated rings. The minimum Gasteiger partial charge on any atom is -0.505 e. The monoisotopic (exact) mass is 652 g/mol. The van der Waals surface area contributed by atoms with Crippen LogP contribution in [0.15, 0.2) is 126 Å². The number of furan rings is 1. The van der Waals surface area contributed by atoms with Gasteiger partial charge in [0.15, 0.2) is 28.7 Å². The van der Waals surface area contributed by atoms with Crippen molar-refractivity contribution >= 4 is 67.6 Å². The van der Waals surface area contributed by atoms with Crippen molar-refractivity contribution in [3.05, 3.63) is 132 Å². The first-order chi connectivity index (χ1) is 24.3. The van der Waals surface area contributed by atoms with Crippen molar-refractivity contribution in [2.45, 2.75) is 6.42 Å². The molecule has 6 nitrogen and oxygen atoms in total. The number of fused-ring (bicyclic) bond motifs is 7. The quantitative estimate of drug-likeness (QED) is 0.0738.